The zero-order chi connectivity index (χ0) is 18.9. The van der Waals surface area contributed by atoms with Gasteiger partial charge in [-0.05, 0) is 24.1 Å². The summed E-state index contributed by atoms with van der Waals surface area (Å²) in [5, 5.41) is 0. The molecule has 4 atom stereocenters. The normalized spacial score (nSPS) is 35.0. The number of rotatable bonds is 3. The molecule has 1 aliphatic carbocycles. The molecule has 2 aromatic rings. The van der Waals surface area contributed by atoms with Gasteiger partial charge < -0.3 is 9.64 Å². The summed E-state index contributed by atoms with van der Waals surface area (Å²) in [5.41, 5.74) is 0.240. The van der Waals surface area contributed by atoms with Gasteiger partial charge in [-0.25, -0.2) is 9.89 Å². The van der Waals surface area contributed by atoms with E-state index in [0.717, 1.165) is 5.56 Å². The van der Waals surface area contributed by atoms with Gasteiger partial charge in [-0.2, -0.15) is 0 Å². The molecule has 0 radical (unpaired) electrons. The lowest BCUT2D eigenvalue weighted by atomic mass is 9.74. The Morgan fingerprint density at radius 1 is 1.00 bits per heavy atom. The molecule has 3 heterocycles. The van der Waals surface area contributed by atoms with Crippen LogP contribution in [-0.4, -0.2) is 34.5 Å². The molecule has 3 fully saturated rings. The molecule has 6 rings (SSSR count). The van der Waals surface area contributed by atoms with Crippen molar-refractivity contribution in [3.05, 3.63) is 66.2 Å². The fourth-order valence-electron chi connectivity index (χ4n) is 5.24. The number of amides is 2. The number of carbonyl (C=O) groups is 2. The first-order chi connectivity index (χ1) is 13.7. The summed E-state index contributed by atoms with van der Waals surface area (Å²) in [6.45, 7) is 0.599. The zero-order valence-electron chi connectivity index (χ0n) is 15.2. The van der Waals surface area contributed by atoms with Crippen molar-refractivity contribution in [1.82, 2.24) is 4.90 Å². The lowest BCUT2D eigenvalue weighted by molar-refractivity contribution is -0.126. The van der Waals surface area contributed by atoms with E-state index in [1.165, 1.54) is 4.90 Å². The molecule has 140 valence electrons. The maximum absolute atomic E-state index is 13.5. The molecule has 0 spiro atoms. The Kier molecular flexibility index (Phi) is 3.03. The summed E-state index contributed by atoms with van der Waals surface area (Å²) in [7, 11) is 0. The lowest BCUT2D eigenvalue weighted by Crippen LogP contribution is -2.51. The Balaban J connectivity index is 1.39. The monoisotopic (exact) mass is 373 g/mol. The smallest absolute Gasteiger partial charge is 0.242 e. The number of ether oxygens (including phenoxy) is 1. The van der Waals surface area contributed by atoms with Gasteiger partial charge in [-0.3, -0.25) is 9.59 Å². The van der Waals surface area contributed by atoms with E-state index in [1.54, 1.807) is 12.1 Å². The van der Waals surface area contributed by atoms with E-state index in [-0.39, 0.29) is 17.7 Å². The quantitative estimate of drug-likeness (QED) is 0.613. The van der Waals surface area contributed by atoms with Crippen LogP contribution in [0.15, 0.2) is 65.7 Å². The molecule has 2 amide bonds. The van der Waals surface area contributed by atoms with Gasteiger partial charge in [-0.1, -0.05) is 48.5 Å². The second kappa shape index (κ2) is 5.29. The van der Waals surface area contributed by atoms with Gasteiger partial charge in [-0.15, -0.1) is 0 Å². The van der Waals surface area contributed by atoms with Crippen LogP contribution in [0.4, 0.5) is 5.69 Å². The van der Waals surface area contributed by atoms with Gasteiger partial charge in [0.05, 0.1) is 17.9 Å². The SMILES string of the molecule is O=C1C2CC[C@@]34N=CN(Cc5ccccc5)[C@@]3(O4)C2C(=O)N1c1ccccc1. The summed E-state index contributed by atoms with van der Waals surface area (Å²) >= 11 is 0. The Morgan fingerprint density at radius 2 is 1.71 bits per heavy atom. The third-order valence-electron chi connectivity index (χ3n) is 6.53. The number of aliphatic imine (C=N–C) groups is 1. The van der Waals surface area contributed by atoms with Crippen LogP contribution in [0.5, 0.6) is 0 Å². The molecule has 0 N–H and O–H groups in total. The standard InChI is InChI=1S/C22H19N3O3/c26-19-17-11-12-21-22(28-21,24(14-23-21)13-15-7-3-1-4-8-15)18(17)20(27)25(19)16-9-5-2-6-10-16/h1-10,14,17-18H,11-13H2/t17?,18?,21-,22+/m0/s1. The largest absolute Gasteiger partial charge is 0.325 e. The molecule has 2 aromatic carbocycles. The average Bonchev–Trinajstić information content (AvgIpc) is 3.22. The zero-order valence-corrected chi connectivity index (χ0v) is 15.2. The molecule has 4 aliphatic rings. The van der Waals surface area contributed by atoms with Gasteiger partial charge in [0, 0.05) is 13.0 Å². The highest BCUT2D eigenvalue weighted by Gasteiger charge is 2.85. The summed E-state index contributed by atoms with van der Waals surface area (Å²) in [4.78, 5) is 34.6. The Morgan fingerprint density at radius 3 is 2.46 bits per heavy atom. The molecule has 6 heteroatoms. The van der Waals surface area contributed by atoms with Gasteiger partial charge in [0.15, 0.2) is 0 Å². The van der Waals surface area contributed by atoms with E-state index >= 15 is 0 Å². The van der Waals surface area contributed by atoms with Gasteiger partial charge in [0.25, 0.3) is 0 Å². The van der Waals surface area contributed by atoms with Crippen LogP contribution in [0.25, 0.3) is 0 Å². The Labute approximate surface area is 162 Å². The van der Waals surface area contributed by atoms with E-state index in [4.69, 9.17) is 4.74 Å². The first-order valence-corrected chi connectivity index (χ1v) is 9.65. The van der Waals surface area contributed by atoms with Crippen molar-refractivity contribution < 1.29 is 14.3 Å². The molecule has 28 heavy (non-hydrogen) atoms. The number of benzene rings is 2. The third kappa shape index (κ3) is 1.83. The molecule has 3 aliphatic heterocycles. The van der Waals surface area contributed by atoms with Crippen LogP contribution >= 0.6 is 0 Å². The minimum atomic E-state index is -0.831. The highest BCUT2D eigenvalue weighted by molar-refractivity contribution is 6.22. The number of anilines is 1. The van der Waals surface area contributed by atoms with Crippen molar-refractivity contribution in [3.63, 3.8) is 0 Å². The highest BCUT2D eigenvalue weighted by atomic mass is 16.7. The fourth-order valence-corrected chi connectivity index (χ4v) is 5.24. The van der Waals surface area contributed by atoms with Gasteiger partial charge >= 0.3 is 0 Å². The average molecular weight is 373 g/mol. The first-order valence-electron chi connectivity index (χ1n) is 9.65. The van der Waals surface area contributed by atoms with Crippen LogP contribution < -0.4 is 4.90 Å². The maximum atomic E-state index is 13.5. The van der Waals surface area contributed by atoms with Crippen LogP contribution in [-0.2, 0) is 20.9 Å². The maximum Gasteiger partial charge on any atom is 0.242 e. The molecule has 2 unspecified atom stereocenters. The summed E-state index contributed by atoms with van der Waals surface area (Å²) in [6, 6.07) is 19.2. The number of epoxide rings is 1. The number of fused-ring (bicyclic) bond motifs is 1. The molecular formula is C22H19N3O3. The first kappa shape index (κ1) is 16.0. The van der Waals surface area contributed by atoms with Crippen molar-refractivity contribution in [2.75, 3.05) is 4.90 Å². The van der Waals surface area contributed by atoms with E-state index in [1.807, 2.05) is 59.8 Å². The van der Waals surface area contributed by atoms with Gasteiger partial charge in [0.1, 0.15) is 5.92 Å². The van der Waals surface area contributed by atoms with Crippen molar-refractivity contribution in [3.8, 4) is 0 Å². The summed E-state index contributed by atoms with van der Waals surface area (Å²) in [6.07, 6.45) is 3.09. The Hall–Kier alpha value is -2.99. The van der Waals surface area contributed by atoms with Crippen LogP contribution in [0.1, 0.15) is 18.4 Å². The highest BCUT2D eigenvalue weighted by Crippen LogP contribution is 2.68. The van der Waals surface area contributed by atoms with Crippen molar-refractivity contribution in [1.29, 1.82) is 0 Å². The molecule has 6 nitrogen and oxygen atoms in total. The van der Waals surface area contributed by atoms with Crippen molar-refractivity contribution in [2.45, 2.75) is 30.8 Å². The van der Waals surface area contributed by atoms with E-state index < -0.39 is 17.4 Å². The molecule has 2 saturated heterocycles. The minimum absolute atomic E-state index is 0.119. The number of imide groups is 1. The number of nitrogens with zero attached hydrogens (tertiary/aromatic N) is 3. The lowest BCUT2D eigenvalue weighted by Gasteiger charge is -2.33. The molecular weight excluding hydrogens is 354 g/mol. The van der Waals surface area contributed by atoms with E-state index in [2.05, 4.69) is 4.99 Å². The molecule has 0 bridgehead atoms. The fraction of sp³-hybridized carbons (Fsp3) is 0.318. The predicted octanol–water partition coefficient (Wildman–Crippen LogP) is 2.55. The Bertz CT molecular complexity index is 1010. The number of hydrogen-bond acceptors (Lipinski definition) is 5. The van der Waals surface area contributed by atoms with E-state index in [0.29, 0.717) is 25.1 Å². The summed E-state index contributed by atoms with van der Waals surface area (Å²) < 4.78 is 6.22. The van der Waals surface area contributed by atoms with Crippen molar-refractivity contribution in [2.24, 2.45) is 16.8 Å². The van der Waals surface area contributed by atoms with Crippen LogP contribution in [0.2, 0.25) is 0 Å². The van der Waals surface area contributed by atoms with Crippen molar-refractivity contribution >= 4 is 23.8 Å². The second-order valence-corrected chi connectivity index (χ2v) is 7.91. The predicted molar refractivity (Wildman–Crippen MR) is 102 cm³/mol. The topological polar surface area (TPSA) is 65.5 Å². The van der Waals surface area contributed by atoms with E-state index in [9.17, 15) is 9.59 Å². The number of carbonyl (C=O) groups excluding carboxylic acids is 2. The third-order valence-corrected chi connectivity index (χ3v) is 6.53. The molecule has 0 aromatic heterocycles. The number of hydrogen-bond donors (Lipinski definition) is 0. The minimum Gasteiger partial charge on any atom is -0.325 e. The molecule has 1 saturated carbocycles. The summed E-state index contributed by atoms with van der Waals surface area (Å²) in [5.74, 6) is -1.18. The van der Waals surface area contributed by atoms with Crippen LogP contribution in [0.3, 0.4) is 0 Å². The number of para-hydroxylation sites is 1. The second-order valence-electron chi connectivity index (χ2n) is 7.91. The van der Waals surface area contributed by atoms with Crippen LogP contribution in [0, 0.1) is 11.8 Å². The van der Waals surface area contributed by atoms with Gasteiger partial charge in [0.2, 0.25) is 23.3 Å².